The minimum atomic E-state index is -0.227. The quantitative estimate of drug-likeness (QED) is 0.756. The van der Waals surface area contributed by atoms with E-state index in [0.29, 0.717) is 6.54 Å². The molecule has 0 unspecified atom stereocenters. The molecule has 2 N–H and O–H groups in total. The number of benzene rings is 1. The summed E-state index contributed by atoms with van der Waals surface area (Å²) in [6, 6.07) is 4.65. The minimum absolute atomic E-state index is 0.227. The molecule has 0 aliphatic carbocycles. The monoisotopic (exact) mass is 217 g/mol. The van der Waals surface area contributed by atoms with Gasteiger partial charge in [0.05, 0.1) is 0 Å². The molecule has 0 bridgehead atoms. The molecule has 1 rings (SSSR count). The third kappa shape index (κ3) is 2.01. The lowest BCUT2D eigenvalue weighted by atomic mass is 10.1. The topological polar surface area (TPSA) is 26.0 Å². The Morgan fingerprint density at radius 1 is 1.36 bits per heavy atom. The van der Waals surface area contributed by atoms with Crippen LogP contribution in [0, 0.1) is 5.82 Å². The summed E-state index contributed by atoms with van der Waals surface area (Å²) in [6.45, 7) is 0.388. The smallest absolute Gasteiger partial charge is 0.123 e. The molecule has 0 spiro atoms. The van der Waals surface area contributed by atoms with Gasteiger partial charge in [-0.15, -0.1) is 0 Å². The van der Waals surface area contributed by atoms with Crippen LogP contribution in [-0.4, -0.2) is 0 Å². The highest BCUT2D eigenvalue weighted by molar-refractivity contribution is 9.08. The van der Waals surface area contributed by atoms with E-state index in [4.69, 9.17) is 5.73 Å². The Balaban J connectivity index is 3.06. The van der Waals surface area contributed by atoms with Crippen molar-refractivity contribution in [1.29, 1.82) is 0 Å². The molecule has 0 atom stereocenters. The van der Waals surface area contributed by atoms with Crippen molar-refractivity contribution >= 4 is 15.9 Å². The van der Waals surface area contributed by atoms with Crippen LogP contribution in [-0.2, 0) is 11.9 Å². The first-order valence-corrected chi connectivity index (χ1v) is 4.43. The molecular formula is C8H9BrFN. The number of alkyl halides is 1. The van der Waals surface area contributed by atoms with E-state index in [1.165, 1.54) is 12.1 Å². The van der Waals surface area contributed by atoms with Gasteiger partial charge in [-0.2, -0.15) is 0 Å². The van der Waals surface area contributed by atoms with Gasteiger partial charge in [0, 0.05) is 11.9 Å². The molecule has 0 heterocycles. The van der Waals surface area contributed by atoms with E-state index in [0.717, 1.165) is 16.5 Å². The lowest BCUT2D eigenvalue weighted by Gasteiger charge is -2.03. The van der Waals surface area contributed by atoms with E-state index >= 15 is 0 Å². The van der Waals surface area contributed by atoms with E-state index < -0.39 is 0 Å². The van der Waals surface area contributed by atoms with Gasteiger partial charge in [-0.3, -0.25) is 0 Å². The van der Waals surface area contributed by atoms with E-state index in [-0.39, 0.29) is 5.82 Å². The van der Waals surface area contributed by atoms with Gasteiger partial charge < -0.3 is 5.73 Å². The highest BCUT2D eigenvalue weighted by Gasteiger charge is 1.99. The van der Waals surface area contributed by atoms with Crippen molar-refractivity contribution < 1.29 is 4.39 Å². The third-order valence-corrected chi connectivity index (χ3v) is 2.14. The van der Waals surface area contributed by atoms with Crippen LogP contribution in [0.5, 0.6) is 0 Å². The van der Waals surface area contributed by atoms with Crippen LogP contribution in [0.4, 0.5) is 4.39 Å². The molecule has 0 aromatic heterocycles. The number of hydrogen-bond donors (Lipinski definition) is 1. The standard InChI is InChI=1S/C8H9BrFN/c9-4-6-1-2-8(10)3-7(6)5-11/h1-3H,4-5,11H2. The van der Waals surface area contributed by atoms with Crippen LogP contribution in [0.15, 0.2) is 18.2 Å². The van der Waals surface area contributed by atoms with Crippen LogP contribution < -0.4 is 5.73 Å². The fourth-order valence-electron chi connectivity index (χ4n) is 0.915. The first-order chi connectivity index (χ1) is 5.27. The molecule has 0 aliphatic heterocycles. The van der Waals surface area contributed by atoms with Crippen molar-refractivity contribution in [2.45, 2.75) is 11.9 Å². The van der Waals surface area contributed by atoms with Crippen molar-refractivity contribution in [3.05, 3.63) is 35.1 Å². The molecule has 0 fully saturated rings. The summed E-state index contributed by atoms with van der Waals surface area (Å²) in [5.74, 6) is -0.227. The molecular weight excluding hydrogens is 209 g/mol. The molecule has 60 valence electrons. The summed E-state index contributed by atoms with van der Waals surface area (Å²) in [6.07, 6.45) is 0. The maximum atomic E-state index is 12.6. The molecule has 1 aromatic carbocycles. The van der Waals surface area contributed by atoms with E-state index in [9.17, 15) is 4.39 Å². The summed E-state index contributed by atoms with van der Waals surface area (Å²) in [5.41, 5.74) is 7.32. The van der Waals surface area contributed by atoms with Crippen molar-refractivity contribution in [3.8, 4) is 0 Å². The fraction of sp³-hybridized carbons (Fsp3) is 0.250. The summed E-state index contributed by atoms with van der Waals surface area (Å²) in [4.78, 5) is 0. The number of halogens is 2. The molecule has 1 aromatic rings. The molecule has 3 heteroatoms. The maximum Gasteiger partial charge on any atom is 0.123 e. The number of nitrogens with two attached hydrogens (primary N) is 1. The average Bonchev–Trinajstić information content (AvgIpc) is 2.04. The largest absolute Gasteiger partial charge is 0.326 e. The highest BCUT2D eigenvalue weighted by atomic mass is 79.9. The predicted octanol–water partition coefficient (Wildman–Crippen LogP) is 2.18. The van der Waals surface area contributed by atoms with Gasteiger partial charge in [0.2, 0.25) is 0 Å². The normalized spacial score (nSPS) is 10.1. The lowest BCUT2D eigenvalue weighted by molar-refractivity contribution is 0.624. The van der Waals surface area contributed by atoms with Gasteiger partial charge in [0.15, 0.2) is 0 Å². The average molecular weight is 218 g/mol. The third-order valence-electron chi connectivity index (χ3n) is 1.53. The Morgan fingerprint density at radius 3 is 2.64 bits per heavy atom. The molecule has 0 aliphatic rings. The molecule has 1 nitrogen and oxygen atoms in total. The Morgan fingerprint density at radius 2 is 2.09 bits per heavy atom. The van der Waals surface area contributed by atoms with Gasteiger partial charge in [0.1, 0.15) is 5.82 Å². The second kappa shape index (κ2) is 3.83. The van der Waals surface area contributed by atoms with Crippen LogP contribution in [0.3, 0.4) is 0 Å². The first kappa shape index (κ1) is 8.68. The lowest BCUT2D eigenvalue weighted by Crippen LogP contribution is -2.00. The zero-order chi connectivity index (χ0) is 8.27. The van der Waals surface area contributed by atoms with Crippen LogP contribution >= 0.6 is 15.9 Å². The van der Waals surface area contributed by atoms with Crippen LogP contribution in [0.2, 0.25) is 0 Å². The van der Waals surface area contributed by atoms with Gasteiger partial charge in [-0.1, -0.05) is 22.0 Å². The maximum absolute atomic E-state index is 12.6. The zero-order valence-electron chi connectivity index (χ0n) is 5.98. The molecule has 0 amide bonds. The van der Waals surface area contributed by atoms with Gasteiger partial charge in [-0.05, 0) is 23.3 Å². The second-order valence-electron chi connectivity index (χ2n) is 2.25. The van der Waals surface area contributed by atoms with E-state index in [1.807, 2.05) is 0 Å². The van der Waals surface area contributed by atoms with Crippen LogP contribution in [0.1, 0.15) is 11.1 Å². The Bertz CT molecular complexity index is 250. The fourth-order valence-corrected chi connectivity index (χ4v) is 1.46. The summed E-state index contributed by atoms with van der Waals surface area (Å²) >= 11 is 3.30. The highest BCUT2D eigenvalue weighted by Crippen LogP contribution is 2.13. The van der Waals surface area contributed by atoms with Crippen molar-refractivity contribution in [2.75, 3.05) is 0 Å². The van der Waals surface area contributed by atoms with Crippen LogP contribution in [0.25, 0.3) is 0 Å². The summed E-state index contributed by atoms with van der Waals surface area (Å²) in [7, 11) is 0. The number of rotatable bonds is 2. The molecule has 11 heavy (non-hydrogen) atoms. The van der Waals surface area contributed by atoms with Gasteiger partial charge in [-0.25, -0.2) is 4.39 Å². The predicted molar refractivity (Wildman–Crippen MR) is 46.9 cm³/mol. The van der Waals surface area contributed by atoms with Crippen molar-refractivity contribution in [1.82, 2.24) is 0 Å². The second-order valence-corrected chi connectivity index (χ2v) is 2.81. The Kier molecular flexibility index (Phi) is 3.02. The Hall–Kier alpha value is -0.410. The summed E-state index contributed by atoms with van der Waals surface area (Å²) in [5, 5.41) is 0.722. The Labute approximate surface area is 73.5 Å². The first-order valence-electron chi connectivity index (χ1n) is 3.31. The molecule has 0 saturated heterocycles. The number of hydrogen-bond acceptors (Lipinski definition) is 1. The zero-order valence-corrected chi connectivity index (χ0v) is 7.57. The van der Waals surface area contributed by atoms with Gasteiger partial charge >= 0.3 is 0 Å². The van der Waals surface area contributed by atoms with Gasteiger partial charge in [0.25, 0.3) is 0 Å². The van der Waals surface area contributed by atoms with E-state index in [2.05, 4.69) is 15.9 Å². The van der Waals surface area contributed by atoms with Crippen molar-refractivity contribution in [2.24, 2.45) is 5.73 Å². The molecule has 0 saturated carbocycles. The van der Waals surface area contributed by atoms with Crippen molar-refractivity contribution in [3.63, 3.8) is 0 Å². The molecule has 0 radical (unpaired) electrons. The van der Waals surface area contributed by atoms with E-state index in [1.54, 1.807) is 6.07 Å². The minimum Gasteiger partial charge on any atom is -0.326 e. The SMILES string of the molecule is NCc1cc(F)ccc1CBr. The summed E-state index contributed by atoms with van der Waals surface area (Å²) < 4.78 is 12.6.